The number of aromatic amines is 1. The minimum atomic E-state index is -0.970. The van der Waals surface area contributed by atoms with Gasteiger partial charge in [-0.05, 0) is 31.2 Å². The summed E-state index contributed by atoms with van der Waals surface area (Å²) in [6.45, 7) is 1.61. The van der Waals surface area contributed by atoms with Crippen molar-refractivity contribution in [3.8, 4) is 45.7 Å². The van der Waals surface area contributed by atoms with Crippen molar-refractivity contribution in [2.75, 3.05) is 12.9 Å². The highest BCUT2D eigenvalue weighted by Gasteiger charge is 2.25. The standard InChI is InChI=1S/C23H18N4O6S2/c1-11-9-14(28)19(31)20(33-11)17-16(12-3-5-13(32-2)6-4-12)24-21(25-17)18-22(35-10-15(29)30)26-23-27(18)7-8-34-23/h3-9,31H,10H2,1-2H3,(H,24,25)(H,29,30). The number of fused-ring (bicyclic) bond motifs is 1. The molecule has 0 saturated carbocycles. The van der Waals surface area contributed by atoms with Crippen molar-refractivity contribution in [3.05, 3.63) is 57.9 Å². The summed E-state index contributed by atoms with van der Waals surface area (Å²) in [5, 5.41) is 22.1. The molecule has 3 N–H and O–H groups in total. The Kier molecular flexibility index (Phi) is 5.83. The van der Waals surface area contributed by atoms with Gasteiger partial charge in [-0.1, -0.05) is 11.8 Å². The fourth-order valence-corrected chi connectivity index (χ4v) is 5.11. The van der Waals surface area contributed by atoms with Crippen LogP contribution < -0.4 is 10.2 Å². The van der Waals surface area contributed by atoms with Crippen molar-refractivity contribution >= 4 is 34.0 Å². The number of H-pyrrole nitrogens is 1. The van der Waals surface area contributed by atoms with Crippen LogP contribution in [0.15, 0.2) is 56.1 Å². The first-order valence-corrected chi connectivity index (χ1v) is 12.1. The number of aliphatic carboxylic acids is 1. The molecule has 0 aliphatic carbocycles. The lowest BCUT2D eigenvalue weighted by Gasteiger charge is -2.06. The van der Waals surface area contributed by atoms with E-state index in [0.717, 1.165) is 11.8 Å². The Balaban J connectivity index is 1.75. The van der Waals surface area contributed by atoms with Crippen LogP contribution in [-0.2, 0) is 4.79 Å². The summed E-state index contributed by atoms with van der Waals surface area (Å²) in [6, 6.07) is 8.33. The molecule has 0 radical (unpaired) electrons. The zero-order valence-corrected chi connectivity index (χ0v) is 20.1. The van der Waals surface area contributed by atoms with Crippen LogP contribution in [0.1, 0.15) is 5.76 Å². The normalized spacial score (nSPS) is 11.3. The third-order valence-corrected chi connectivity index (χ3v) is 6.83. The van der Waals surface area contributed by atoms with E-state index in [4.69, 9.17) is 14.1 Å². The maximum absolute atomic E-state index is 12.3. The number of carbonyl (C=O) groups is 1. The summed E-state index contributed by atoms with van der Waals surface area (Å²) in [7, 11) is 1.56. The lowest BCUT2D eigenvalue weighted by molar-refractivity contribution is -0.133. The monoisotopic (exact) mass is 510 g/mol. The number of carboxylic acids is 1. The van der Waals surface area contributed by atoms with Crippen molar-refractivity contribution < 1.29 is 24.2 Å². The molecule has 0 aliphatic rings. The fraction of sp³-hybridized carbons (Fsp3) is 0.130. The van der Waals surface area contributed by atoms with Crippen LogP contribution in [0.2, 0.25) is 0 Å². The van der Waals surface area contributed by atoms with E-state index in [0.29, 0.717) is 50.0 Å². The van der Waals surface area contributed by atoms with Gasteiger partial charge < -0.3 is 24.4 Å². The van der Waals surface area contributed by atoms with E-state index in [1.54, 1.807) is 38.3 Å². The molecule has 5 aromatic rings. The molecule has 0 aliphatic heterocycles. The van der Waals surface area contributed by atoms with Crippen LogP contribution in [0, 0.1) is 6.92 Å². The number of carboxylic acid groups (broad SMARTS) is 1. The maximum atomic E-state index is 12.3. The van der Waals surface area contributed by atoms with Gasteiger partial charge in [-0.25, -0.2) is 9.97 Å². The number of rotatable bonds is 7. The SMILES string of the molecule is COc1ccc(-c2nc(-c3c(SCC(=O)O)nc4sccn34)[nH]c2-c2oc(C)cc(=O)c2O)cc1. The predicted molar refractivity (Wildman–Crippen MR) is 131 cm³/mol. The largest absolute Gasteiger partial charge is 0.501 e. The Morgan fingerprint density at radius 1 is 1.29 bits per heavy atom. The van der Waals surface area contributed by atoms with E-state index in [-0.39, 0.29) is 11.5 Å². The van der Waals surface area contributed by atoms with Gasteiger partial charge in [-0.2, -0.15) is 0 Å². The molecule has 35 heavy (non-hydrogen) atoms. The molecule has 1 aromatic carbocycles. The van der Waals surface area contributed by atoms with E-state index in [2.05, 4.69) is 9.97 Å². The number of aromatic hydroxyl groups is 1. The summed E-state index contributed by atoms with van der Waals surface area (Å²) in [6.07, 6.45) is 1.81. The van der Waals surface area contributed by atoms with E-state index in [1.165, 1.54) is 17.4 Å². The molecular weight excluding hydrogens is 492 g/mol. The number of aromatic nitrogens is 4. The van der Waals surface area contributed by atoms with Crippen LogP contribution in [0.3, 0.4) is 0 Å². The highest BCUT2D eigenvalue weighted by molar-refractivity contribution is 8.00. The Labute approximate surface area is 205 Å². The first-order valence-electron chi connectivity index (χ1n) is 10.2. The number of imidazole rings is 2. The van der Waals surface area contributed by atoms with Gasteiger partial charge in [0.15, 0.2) is 16.5 Å². The lowest BCUT2D eigenvalue weighted by atomic mass is 10.1. The summed E-state index contributed by atoms with van der Waals surface area (Å²) in [5.41, 5.74) is 1.37. The Morgan fingerprint density at radius 3 is 2.77 bits per heavy atom. The molecule has 0 bridgehead atoms. The van der Waals surface area contributed by atoms with Gasteiger partial charge in [0.25, 0.3) is 0 Å². The Bertz CT molecular complexity index is 1610. The molecular formula is C23H18N4O6S2. The van der Waals surface area contributed by atoms with Gasteiger partial charge in [0.05, 0.1) is 12.9 Å². The van der Waals surface area contributed by atoms with Crippen LogP contribution in [0.5, 0.6) is 11.5 Å². The molecule has 0 amide bonds. The second-order valence-corrected chi connectivity index (χ2v) is 9.28. The van der Waals surface area contributed by atoms with Crippen LogP contribution >= 0.6 is 23.1 Å². The Morgan fingerprint density at radius 2 is 2.06 bits per heavy atom. The number of thioether (sulfide) groups is 1. The molecule has 0 saturated heterocycles. The summed E-state index contributed by atoms with van der Waals surface area (Å²) in [4.78, 5) is 36.7. The second kappa shape index (κ2) is 8.96. The molecule has 10 nitrogen and oxygen atoms in total. The predicted octanol–water partition coefficient (Wildman–Crippen LogP) is 4.27. The lowest BCUT2D eigenvalue weighted by Crippen LogP contribution is -2.01. The summed E-state index contributed by atoms with van der Waals surface area (Å²) in [5.74, 6) is -0.401. The van der Waals surface area contributed by atoms with Crippen LogP contribution in [-0.4, -0.2) is 48.4 Å². The van der Waals surface area contributed by atoms with E-state index >= 15 is 0 Å². The molecule has 4 aromatic heterocycles. The van der Waals surface area contributed by atoms with Crippen molar-refractivity contribution in [2.45, 2.75) is 11.9 Å². The molecule has 178 valence electrons. The number of nitrogens with zero attached hydrogens (tertiary/aromatic N) is 3. The van der Waals surface area contributed by atoms with Crippen LogP contribution in [0.4, 0.5) is 0 Å². The molecule has 0 spiro atoms. The minimum Gasteiger partial charge on any atom is -0.501 e. The van der Waals surface area contributed by atoms with Crippen LogP contribution in [0.25, 0.3) is 39.2 Å². The fourth-order valence-electron chi connectivity index (χ4n) is 3.59. The summed E-state index contributed by atoms with van der Waals surface area (Å²) < 4.78 is 12.8. The maximum Gasteiger partial charge on any atom is 0.313 e. The number of hydrogen-bond donors (Lipinski definition) is 3. The number of ether oxygens (including phenoxy) is 1. The smallest absolute Gasteiger partial charge is 0.313 e. The second-order valence-electron chi connectivity index (χ2n) is 7.44. The van der Waals surface area contributed by atoms with Gasteiger partial charge in [0.1, 0.15) is 33.6 Å². The Hall–Kier alpha value is -4.03. The molecule has 4 heterocycles. The highest BCUT2D eigenvalue weighted by Crippen LogP contribution is 2.39. The number of nitrogens with one attached hydrogen (secondary N) is 1. The highest BCUT2D eigenvalue weighted by atomic mass is 32.2. The molecule has 5 rings (SSSR count). The van der Waals surface area contributed by atoms with E-state index in [1.807, 2.05) is 16.0 Å². The zero-order chi connectivity index (χ0) is 24.7. The van der Waals surface area contributed by atoms with Gasteiger partial charge in [0, 0.05) is 23.2 Å². The molecule has 0 atom stereocenters. The topological polar surface area (TPSA) is 143 Å². The van der Waals surface area contributed by atoms with E-state index < -0.39 is 17.1 Å². The van der Waals surface area contributed by atoms with Crippen molar-refractivity contribution in [1.82, 2.24) is 19.4 Å². The zero-order valence-electron chi connectivity index (χ0n) is 18.4. The van der Waals surface area contributed by atoms with Gasteiger partial charge in [-0.3, -0.25) is 14.0 Å². The van der Waals surface area contributed by atoms with E-state index in [9.17, 15) is 19.8 Å². The minimum absolute atomic E-state index is 0.0506. The van der Waals surface area contributed by atoms with Gasteiger partial charge >= 0.3 is 5.97 Å². The van der Waals surface area contributed by atoms with Crippen molar-refractivity contribution in [2.24, 2.45) is 0 Å². The number of aryl methyl sites for hydroxylation is 1. The average Bonchev–Trinajstić information content (AvgIpc) is 3.54. The first kappa shape index (κ1) is 22.7. The number of methoxy groups -OCH3 is 1. The van der Waals surface area contributed by atoms with Gasteiger partial charge in [-0.15, -0.1) is 11.3 Å². The quantitative estimate of drug-likeness (QED) is 0.273. The van der Waals surface area contributed by atoms with Gasteiger partial charge in [0.2, 0.25) is 11.2 Å². The number of thiazole rings is 1. The number of benzene rings is 1. The third-order valence-electron chi connectivity index (χ3n) is 5.13. The number of hydrogen-bond acceptors (Lipinski definition) is 9. The average molecular weight is 511 g/mol. The van der Waals surface area contributed by atoms with Crippen molar-refractivity contribution in [1.29, 1.82) is 0 Å². The first-order chi connectivity index (χ1) is 16.9. The van der Waals surface area contributed by atoms with Crippen molar-refractivity contribution in [3.63, 3.8) is 0 Å². The summed E-state index contributed by atoms with van der Waals surface area (Å²) >= 11 is 2.48. The molecule has 0 unspecified atom stereocenters. The third kappa shape index (κ3) is 4.17. The molecule has 0 fully saturated rings. The molecule has 12 heteroatoms.